The van der Waals surface area contributed by atoms with E-state index in [0.29, 0.717) is 21.8 Å². The van der Waals surface area contributed by atoms with Crippen molar-refractivity contribution in [2.24, 2.45) is 0 Å². The van der Waals surface area contributed by atoms with Gasteiger partial charge in [0.2, 0.25) is 0 Å². The van der Waals surface area contributed by atoms with E-state index in [1.54, 1.807) is 18.2 Å². The van der Waals surface area contributed by atoms with Crippen LogP contribution in [0, 0.1) is 5.82 Å². The van der Waals surface area contributed by atoms with Crippen LogP contribution in [0.3, 0.4) is 0 Å². The highest BCUT2D eigenvalue weighted by molar-refractivity contribution is 9.10. The number of nitrogens with one attached hydrogen (secondary N) is 1. The normalized spacial score (nSPS) is 16.7. The maximum absolute atomic E-state index is 14.0. The topological polar surface area (TPSA) is 41.6 Å². The van der Waals surface area contributed by atoms with E-state index in [1.807, 2.05) is 0 Å². The lowest BCUT2D eigenvalue weighted by Crippen LogP contribution is -2.06. The van der Waals surface area contributed by atoms with Crippen LogP contribution in [0.5, 0.6) is 0 Å². The van der Waals surface area contributed by atoms with Crippen molar-refractivity contribution in [2.45, 2.75) is 38.0 Å². The quantitative estimate of drug-likeness (QED) is 0.888. The maximum Gasteiger partial charge on any atom is 0.184 e. The van der Waals surface area contributed by atoms with Crippen molar-refractivity contribution in [1.29, 1.82) is 0 Å². The average Bonchev–Trinajstić information content (AvgIpc) is 2.92. The summed E-state index contributed by atoms with van der Waals surface area (Å²) in [4.78, 5) is 4.48. The summed E-state index contributed by atoms with van der Waals surface area (Å²) in [6.45, 7) is 0. The molecule has 2 aromatic rings. The van der Waals surface area contributed by atoms with Crippen LogP contribution in [0.15, 0.2) is 22.7 Å². The van der Waals surface area contributed by atoms with Crippen molar-refractivity contribution in [2.75, 3.05) is 0 Å². The fourth-order valence-corrected chi connectivity index (χ4v) is 3.00. The van der Waals surface area contributed by atoms with Crippen molar-refractivity contribution < 1.29 is 4.39 Å². The Labute approximate surface area is 119 Å². The van der Waals surface area contributed by atoms with E-state index in [0.717, 1.165) is 18.7 Å². The third-order valence-corrected chi connectivity index (χ3v) is 4.30. The molecule has 0 aliphatic heterocycles. The molecule has 1 aromatic heterocycles. The number of aromatic amines is 1. The molecule has 1 fully saturated rings. The molecule has 0 radical (unpaired) electrons. The number of hydrogen-bond donors (Lipinski definition) is 1. The van der Waals surface area contributed by atoms with Crippen LogP contribution in [0.1, 0.15) is 43.8 Å². The first-order chi connectivity index (χ1) is 9.25. The number of halogens is 2. The molecule has 1 heterocycles. The van der Waals surface area contributed by atoms with Crippen LogP contribution < -0.4 is 0 Å². The van der Waals surface area contributed by atoms with Crippen LogP contribution >= 0.6 is 15.9 Å². The van der Waals surface area contributed by atoms with Crippen molar-refractivity contribution in [3.05, 3.63) is 34.3 Å². The molecule has 0 saturated heterocycles. The molecular weight excluding hydrogens is 309 g/mol. The highest BCUT2D eigenvalue weighted by Gasteiger charge is 2.20. The predicted octanol–water partition coefficient (Wildman–Crippen LogP) is 4.42. The van der Waals surface area contributed by atoms with Gasteiger partial charge in [-0.1, -0.05) is 25.3 Å². The van der Waals surface area contributed by atoms with Crippen LogP contribution in [0.2, 0.25) is 0 Å². The van der Waals surface area contributed by atoms with E-state index in [-0.39, 0.29) is 5.82 Å². The summed E-state index contributed by atoms with van der Waals surface area (Å²) in [6, 6.07) is 5.17. The fraction of sp³-hybridized carbons (Fsp3) is 0.429. The van der Waals surface area contributed by atoms with Gasteiger partial charge in [-0.3, -0.25) is 5.10 Å². The van der Waals surface area contributed by atoms with Gasteiger partial charge in [0.15, 0.2) is 5.82 Å². The summed E-state index contributed by atoms with van der Waals surface area (Å²) in [5, 5.41) is 7.14. The molecule has 0 atom stereocenters. The highest BCUT2D eigenvalue weighted by Crippen LogP contribution is 2.32. The van der Waals surface area contributed by atoms with Gasteiger partial charge in [0.05, 0.1) is 10.0 Å². The number of nitrogens with zero attached hydrogens (tertiary/aromatic N) is 2. The molecular formula is C14H15BrFN3. The third-order valence-electron chi connectivity index (χ3n) is 3.69. The Morgan fingerprint density at radius 2 is 2.00 bits per heavy atom. The van der Waals surface area contributed by atoms with Crippen molar-refractivity contribution >= 4 is 15.9 Å². The van der Waals surface area contributed by atoms with Gasteiger partial charge in [0.25, 0.3) is 0 Å². The molecule has 1 aliphatic rings. The Morgan fingerprint density at radius 3 is 2.79 bits per heavy atom. The molecule has 0 spiro atoms. The van der Waals surface area contributed by atoms with E-state index < -0.39 is 0 Å². The zero-order chi connectivity index (χ0) is 13.2. The van der Waals surface area contributed by atoms with Gasteiger partial charge < -0.3 is 0 Å². The van der Waals surface area contributed by atoms with Crippen LogP contribution in [0.25, 0.3) is 11.4 Å². The Bertz CT molecular complexity index is 576. The molecule has 3 rings (SSSR count). The number of benzene rings is 1. The van der Waals surface area contributed by atoms with Gasteiger partial charge in [-0.25, -0.2) is 9.37 Å². The van der Waals surface area contributed by atoms with Crippen molar-refractivity contribution in [3.63, 3.8) is 0 Å². The van der Waals surface area contributed by atoms with Gasteiger partial charge in [-0.15, -0.1) is 0 Å². The van der Waals surface area contributed by atoms with Gasteiger partial charge in [-0.05, 0) is 40.9 Å². The molecule has 1 saturated carbocycles. The van der Waals surface area contributed by atoms with Gasteiger partial charge in [0, 0.05) is 5.92 Å². The molecule has 0 bridgehead atoms. The lowest BCUT2D eigenvalue weighted by atomic mass is 9.89. The molecule has 19 heavy (non-hydrogen) atoms. The summed E-state index contributed by atoms with van der Waals surface area (Å²) in [7, 11) is 0. The second-order valence-corrected chi connectivity index (χ2v) is 5.83. The standard InChI is InChI=1S/C14H15BrFN3/c15-11-8-4-7-10(12(11)16)14-17-13(18-19-14)9-5-2-1-3-6-9/h4,7-9H,1-3,5-6H2,(H,17,18,19). The van der Waals surface area contributed by atoms with E-state index in [9.17, 15) is 4.39 Å². The lowest BCUT2D eigenvalue weighted by Gasteiger charge is -2.18. The maximum atomic E-state index is 14.0. The van der Waals surface area contributed by atoms with E-state index >= 15 is 0 Å². The first kappa shape index (κ1) is 12.8. The molecule has 3 nitrogen and oxygen atoms in total. The summed E-state index contributed by atoms with van der Waals surface area (Å²) in [5.74, 6) is 1.48. The number of aromatic nitrogens is 3. The molecule has 5 heteroatoms. The summed E-state index contributed by atoms with van der Waals surface area (Å²) in [6.07, 6.45) is 6.08. The highest BCUT2D eigenvalue weighted by atomic mass is 79.9. The number of rotatable bonds is 2. The Hall–Kier alpha value is -1.23. The summed E-state index contributed by atoms with van der Waals surface area (Å²) in [5.41, 5.74) is 0.438. The Kier molecular flexibility index (Phi) is 3.64. The molecule has 1 N–H and O–H groups in total. The second kappa shape index (κ2) is 5.41. The molecule has 0 unspecified atom stereocenters. The number of hydrogen-bond acceptors (Lipinski definition) is 2. The predicted molar refractivity (Wildman–Crippen MR) is 75.3 cm³/mol. The van der Waals surface area contributed by atoms with Crippen LogP contribution in [-0.4, -0.2) is 15.2 Å². The van der Waals surface area contributed by atoms with Crippen molar-refractivity contribution in [1.82, 2.24) is 15.2 Å². The lowest BCUT2D eigenvalue weighted by molar-refractivity contribution is 0.429. The minimum absolute atomic E-state index is 0.309. The van der Waals surface area contributed by atoms with Gasteiger partial charge in [0.1, 0.15) is 11.6 Å². The molecule has 1 aromatic carbocycles. The minimum Gasteiger partial charge on any atom is -0.262 e. The number of H-pyrrole nitrogens is 1. The molecule has 1 aliphatic carbocycles. The molecule has 0 amide bonds. The SMILES string of the molecule is Fc1c(Br)cccc1-c1n[nH]c(C2CCCCC2)n1. The van der Waals surface area contributed by atoms with Crippen LogP contribution in [0.4, 0.5) is 4.39 Å². The Balaban J connectivity index is 1.90. The monoisotopic (exact) mass is 323 g/mol. The first-order valence-electron chi connectivity index (χ1n) is 6.62. The Morgan fingerprint density at radius 1 is 1.21 bits per heavy atom. The van der Waals surface area contributed by atoms with Gasteiger partial charge in [-0.2, -0.15) is 5.10 Å². The zero-order valence-corrected chi connectivity index (χ0v) is 12.1. The van der Waals surface area contributed by atoms with E-state index in [4.69, 9.17) is 0 Å². The zero-order valence-electron chi connectivity index (χ0n) is 10.5. The fourth-order valence-electron chi connectivity index (χ4n) is 2.63. The minimum atomic E-state index is -0.309. The summed E-state index contributed by atoms with van der Waals surface area (Å²) >= 11 is 3.19. The van der Waals surface area contributed by atoms with Gasteiger partial charge >= 0.3 is 0 Å². The van der Waals surface area contributed by atoms with E-state index in [2.05, 4.69) is 31.1 Å². The van der Waals surface area contributed by atoms with Crippen LogP contribution in [-0.2, 0) is 0 Å². The van der Waals surface area contributed by atoms with Crippen molar-refractivity contribution in [3.8, 4) is 11.4 Å². The van der Waals surface area contributed by atoms with E-state index in [1.165, 1.54) is 19.3 Å². The first-order valence-corrected chi connectivity index (χ1v) is 7.41. The second-order valence-electron chi connectivity index (χ2n) is 4.98. The average molecular weight is 324 g/mol. The molecule has 100 valence electrons. The summed E-state index contributed by atoms with van der Waals surface area (Å²) < 4.78 is 14.4. The largest absolute Gasteiger partial charge is 0.262 e. The third kappa shape index (κ3) is 2.56. The smallest absolute Gasteiger partial charge is 0.184 e.